The lowest BCUT2D eigenvalue weighted by Crippen LogP contribution is -2.50. The summed E-state index contributed by atoms with van der Waals surface area (Å²) in [6.45, 7) is 5.50. The standard InChI is InChI=1S/C20H31N3O4.C5H6S2/c1-13(2)12-16(14(3)18(24)23-27)19(25)22-17(20(26)21-4)11-10-15-8-6-5-7-9-15;1-6-5-3-2-4-7-5/h5-9,13-14,16-17,27H,10-12H2,1-4H3,(H,21,26)(H,22,25)(H,23,24);2-4H,1H3. The Balaban J connectivity index is 0.000000700. The van der Waals surface area contributed by atoms with Gasteiger partial charge in [0, 0.05) is 18.9 Å². The van der Waals surface area contributed by atoms with Gasteiger partial charge in [-0.15, -0.1) is 23.1 Å². The summed E-state index contributed by atoms with van der Waals surface area (Å²) in [5.41, 5.74) is 2.69. The van der Waals surface area contributed by atoms with Crippen molar-refractivity contribution < 1.29 is 19.6 Å². The quantitative estimate of drug-likeness (QED) is 0.208. The Labute approximate surface area is 211 Å². The van der Waals surface area contributed by atoms with Crippen LogP contribution in [0.5, 0.6) is 0 Å². The maximum Gasteiger partial charge on any atom is 0.246 e. The van der Waals surface area contributed by atoms with Crippen LogP contribution in [0.4, 0.5) is 0 Å². The molecule has 3 atom stereocenters. The first-order chi connectivity index (χ1) is 16.2. The highest BCUT2D eigenvalue weighted by Gasteiger charge is 2.32. The molecule has 3 amide bonds. The van der Waals surface area contributed by atoms with Crippen LogP contribution in [0.2, 0.25) is 0 Å². The zero-order chi connectivity index (χ0) is 25.5. The van der Waals surface area contributed by atoms with Crippen LogP contribution in [0.15, 0.2) is 52.1 Å². The van der Waals surface area contributed by atoms with Crippen molar-refractivity contribution in [2.24, 2.45) is 17.8 Å². The number of carbonyl (C=O) groups is 3. The maximum absolute atomic E-state index is 12.8. The van der Waals surface area contributed by atoms with Gasteiger partial charge in [-0.3, -0.25) is 19.6 Å². The largest absolute Gasteiger partial charge is 0.357 e. The normalized spacial score (nSPS) is 13.1. The van der Waals surface area contributed by atoms with Crippen LogP contribution in [0.25, 0.3) is 0 Å². The predicted molar refractivity (Wildman–Crippen MR) is 139 cm³/mol. The maximum atomic E-state index is 12.8. The molecule has 9 heteroatoms. The van der Waals surface area contributed by atoms with E-state index >= 15 is 0 Å². The lowest BCUT2D eigenvalue weighted by molar-refractivity contribution is -0.141. The molecule has 0 spiro atoms. The fraction of sp³-hybridized carbons (Fsp3) is 0.480. The molecule has 0 saturated heterocycles. The van der Waals surface area contributed by atoms with Crippen molar-refractivity contribution in [3.63, 3.8) is 0 Å². The summed E-state index contributed by atoms with van der Waals surface area (Å²) in [4.78, 5) is 36.9. The summed E-state index contributed by atoms with van der Waals surface area (Å²) >= 11 is 3.58. The first-order valence-corrected chi connectivity index (χ1v) is 13.4. The number of thioether (sulfide) groups is 1. The minimum atomic E-state index is -0.711. The molecule has 2 rings (SSSR count). The number of thiophene rings is 1. The molecule has 1 heterocycles. The molecule has 7 nitrogen and oxygen atoms in total. The van der Waals surface area contributed by atoms with Crippen LogP contribution in [0, 0.1) is 17.8 Å². The highest BCUT2D eigenvalue weighted by molar-refractivity contribution is 8.00. The van der Waals surface area contributed by atoms with Crippen molar-refractivity contribution in [1.82, 2.24) is 16.1 Å². The number of carbonyl (C=O) groups excluding carboxylic acids is 3. The smallest absolute Gasteiger partial charge is 0.246 e. The van der Waals surface area contributed by atoms with E-state index in [-0.39, 0.29) is 17.7 Å². The molecule has 0 aliphatic carbocycles. The molecule has 188 valence electrons. The van der Waals surface area contributed by atoms with Gasteiger partial charge in [0.2, 0.25) is 17.7 Å². The number of benzene rings is 1. The van der Waals surface area contributed by atoms with E-state index < -0.39 is 23.8 Å². The molecule has 1 aromatic heterocycles. The van der Waals surface area contributed by atoms with Crippen LogP contribution >= 0.6 is 23.1 Å². The molecular weight excluding hydrogens is 470 g/mol. The van der Waals surface area contributed by atoms with E-state index in [9.17, 15) is 14.4 Å². The molecule has 2 aromatic rings. The number of hydroxylamine groups is 1. The number of amides is 3. The van der Waals surface area contributed by atoms with Crippen molar-refractivity contribution in [2.45, 2.75) is 50.3 Å². The number of likely N-dealkylation sites (N-methyl/N-ethyl adjacent to an activating group) is 1. The third-order valence-corrected chi connectivity index (χ3v) is 7.32. The van der Waals surface area contributed by atoms with Crippen LogP contribution in [-0.4, -0.2) is 42.3 Å². The van der Waals surface area contributed by atoms with Gasteiger partial charge < -0.3 is 10.6 Å². The lowest BCUT2D eigenvalue weighted by Gasteiger charge is -2.26. The first-order valence-electron chi connectivity index (χ1n) is 11.3. The SMILES string of the molecule is CNC(=O)C(CCc1ccccc1)NC(=O)C(CC(C)C)C(C)C(=O)NO.CSc1cccs1. The van der Waals surface area contributed by atoms with Gasteiger partial charge in [-0.25, -0.2) is 5.48 Å². The summed E-state index contributed by atoms with van der Waals surface area (Å²) in [6, 6.07) is 13.2. The lowest BCUT2D eigenvalue weighted by atomic mass is 9.85. The highest BCUT2D eigenvalue weighted by atomic mass is 32.2. The third kappa shape index (κ3) is 10.7. The molecule has 0 fully saturated rings. The Morgan fingerprint density at radius 2 is 1.68 bits per heavy atom. The minimum absolute atomic E-state index is 0.178. The van der Waals surface area contributed by atoms with E-state index in [4.69, 9.17) is 5.21 Å². The molecule has 4 N–H and O–H groups in total. The van der Waals surface area contributed by atoms with E-state index in [0.29, 0.717) is 19.3 Å². The van der Waals surface area contributed by atoms with Gasteiger partial charge in [0.05, 0.1) is 4.21 Å². The molecule has 1 aromatic carbocycles. The van der Waals surface area contributed by atoms with Gasteiger partial charge in [-0.2, -0.15) is 0 Å². The van der Waals surface area contributed by atoms with Crippen LogP contribution in [0.3, 0.4) is 0 Å². The number of hydrogen-bond donors (Lipinski definition) is 4. The number of aryl methyl sites for hydroxylation is 1. The van der Waals surface area contributed by atoms with Gasteiger partial charge in [0.25, 0.3) is 0 Å². The highest BCUT2D eigenvalue weighted by Crippen LogP contribution is 2.22. The average molecular weight is 508 g/mol. The molecule has 0 aliphatic heterocycles. The second-order valence-electron chi connectivity index (χ2n) is 8.34. The van der Waals surface area contributed by atoms with Crippen LogP contribution < -0.4 is 16.1 Å². The van der Waals surface area contributed by atoms with E-state index in [1.54, 1.807) is 35.5 Å². The second-order valence-corrected chi connectivity index (χ2v) is 10.4. The van der Waals surface area contributed by atoms with Gasteiger partial charge in [0.15, 0.2) is 0 Å². The van der Waals surface area contributed by atoms with Crippen molar-refractivity contribution in [2.75, 3.05) is 13.3 Å². The summed E-state index contributed by atoms with van der Waals surface area (Å²) in [6.07, 6.45) is 3.65. The van der Waals surface area contributed by atoms with Crippen molar-refractivity contribution in [3.05, 3.63) is 53.4 Å². The Morgan fingerprint density at radius 1 is 1.00 bits per heavy atom. The number of rotatable bonds is 11. The predicted octanol–water partition coefficient (Wildman–Crippen LogP) is 4.12. The first kappa shape index (κ1) is 29.7. The zero-order valence-electron chi connectivity index (χ0n) is 20.5. The van der Waals surface area contributed by atoms with Gasteiger partial charge in [-0.05, 0) is 48.4 Å². The third-order valence-electron chi connectivity index (χ3n) is 5.33. The summed E-state index contributed by atoms with van der Waals surface area (Å²) in [5.74, 6) is -2.42. The Kier molecular flexibility index (Phi) is 14.2. The topological polar surface area (TPSA) is 108 Å². The monoisotopic (exact) mass is 507 g/mol. The molecule has 0 saturated carbocycles. The van der Waals surface area contributed by atoms with Crippen LogP contribution in [0.1, 0.15) is 39.2 Å². The fourth-order valence-corrected chi connectivity index (χ4v) is 4.60. The fourth-order valence-electron chi connectivity index (χ4n) is 3.39. The molecule has 34 heavy (non-hydrogen) atoms. The Morgan fingerprint density at radius 3 is 2.15 bits per heavy atom. The molecule has 0 bridgehead atoms. The zero-order valence-corrected chi connectivity index (χ0v) is 22.2. The van der Waals surface area contributed by atoms with Crippen molar-refractivity contribution >= 4 is 40.8 Å². The summed E-state index contributed by atoms with van der Waals surface area (Å²) in [5, 5.41) is 16.3. The summed E-state index contributed by atoms with van der Waals surface area (Å²) < 4.78 is 1.39. The molecule has 3 unspecified atom stereocenters. The number of hydrogen-bond acceptors (Lipinski definition) is 6. The van der Waals surface area contributed by atoms with Crippen molar-refractivity contribution in [1.29, 1.82) is 0 Å². The van der Waals surface area contributed by atoms with Crippen LogP contribution in [-0.2, 0) is 20.8 Å². The van der Waals surface area contributed by atoms with Gasteiger partial charge in [0.1, 0.15) is 6.04 Å². The Hall–Kier alpha value is -2.36. The second kappa shape index (κ2) is 16.3. The Bertz CT molecular complexity index is 860. The molecular formula is C25H37N3O4S2. The van der Waals surface area contributed by atoms with E-state index in [0.717, 1.165) is 5.56 Å². The molecule has 0 aliphatic rings. The average Bonchev–Trinajstić information content (AvgIpc) is 3.38. The summed E-state index contributed by atoms with van der Waals surface area (Å²) in [7, 11) is 1.53. The van der Waals surface area contributed by atoms with Gasteiger partial charge in [-0.1, -0.05) is 57.2 Å². The van der Waals surface area contributed by atoms with Crippen molar-refractivity contribution in [3.8, 4) is 0 Å². The molecule has 0 radical (unpaired) electrons. The van der Waals surface area contributed by atoms with Gasteiger partial charge >= 0.3 is 0 Å². The van der Waals surface area contributed by atoms with E-state index in [1.807, 2.05) is 44.2 Å². The van der Waals surface area contributed by atoms with E-state index in [2.05, 4.69) is 34.4 Å². The minimum Gasteiger partial charge on any atom is -0.357 e. The van der Waals surface area contributed by atoms with E-state index in [1.165, 1.54) is 11.3 Å². The number of nitrogens with one attached hydrogen (secondary N) is 3.